The first kappa shape index (κ1) is 13.7. The molecular weight excluding hydrogens is 339 g/mol. The zero-order valence-corrected chi connectivity index (χ0v) is 12.2. The van der Waals surface area contributed by atoms with E-state index in [1.54, 1.807) is 24.3 Å². The zero-order valence-electron chi connectivity index (χ0n) is 10.6. The molecule has 0 fully saturated rings. The lowest BCUT2D eigenvalue weighted by Crippen LogP contribution is -2.20. The number of fused-ring (bicyclic) bond motifs is 1. The number of halogens is 2. The minimum Gasteiger partial charge on any atom is -0.452 e. The number of hydrogen-bond donors (Lipinski definition) is 0. The molecule has 0 bridgehead atoms. The van der Waals surface area contributed by atoms with E-state index in [4.69, 9.17) is 4.74 Å². The lowest BCUT2D eigenvalue weighted by Gasteiger charge is -2.16. The van der Waals surface area contributed by atoms with Crippen LogP contribution in [0.5, 0.6) is 5.75 Å². The van der Waals surface area contributed by atoms with Gasteiger partial charge in [-0.15, -0.1) is 0 Å². The monoisotopic (exact) mass is 346 g/mol. The summed E-state index contributed by atoms with van der Waals surface area (Å²) in [4.78, 5) is 24.3. The van der Waals surface area contributed by atoms with Crippen molar-refractivity contribution in [3.05, 3.63) is 75.7 Å². The van der Waals surface area contributed by atoms with Gasteiger partial charge in [-0.05, 0) is 34.1 Å². The number of ether oxygens (including phenoxy) is 1. The molecule has 21 heavy (non-hydrogen) atoms. The SMILES string of the molecule is O=C1C=C(Oc2ccc(F)cc2Br)C(=O)c2ccccc21. The molecule has 1 aliphatic carbocycles. The highest BCUT2D eigenvalue weighted by atomic mass is 79.9. The predicted octanol–water partition coefficient (Wildman–Crippen LogP) is 3.93. The molecule has 5 heteroatoms. The van der Waals surface area contributed by atoms with Gasteiger partial charge in [-0.3, -0.25) is 9.59 Å². The third-order valence-electron chi connectivity index (χ3n) is 3.04. The van der Waals surface area contributed by atoms with E-state index in [9.17, 15) is 14.0 Å². The third-order valence-corrected chi connectivity index (χ3v) is 3.66. The van der Waals surface area contributed by atoms with Gasteiger partial charge in [-0.1, -0.05) is 24.3 Å². The average molecular weight is 347 g/mol. The Bertz CT molecular complexity index is 796. The second-order valence-electron chi connectivity index (χ2n) is 4.42. The molecule has 0 radical (unpaired) electrons. The molecule has 1 aliphatic rings. The highest BCUT2D eigenvalue weighted by Gasteiger charge is 2.27. The van der Waals surface area contributed by atoms with Crippen molar-refractivity contribution in [2.24, 2.45) is 0 Å². The molecule has 0 aliphatic heterocycles. The van der Waals surface area contributed by atoms with Crippen LogP contribution in [0, 0.1) is 5.82 Å². The molecule has 0 spiro atoms. The topological polar surface area (TPSA) is 43.4 Å². The number of carbonyl (C=O) groups excluding carboxylic acids is 2. The first-order chi connectivity index (χ1) is 10.1. The quantitative estimate of drug-likeness (QED) is 0.827. The van der Waals surface area contributed by atoms with E-state index >= 15 is 0 Å². The Labute approximate surface area is 128 Å². The van der Waals surface area contributed by atoms with E-state index in [1.165, 1.54) is 18.2 Å². The number of hydrogen-bond acceptors (Lipinski definition) is 3. The standard InChI is InChI=1S/C16H8BrFO3/c17-12-7-9(18)5-6-14(12)21-15-8-13(19)10-3-1-2-4-11(10)16(15)20/h1-8H. The maximum Gasteiger partial charge on any atom is 0.229 e. The van der Waals surface area contributed by atoms with Crippen LogP contribution in [0.25, 0.3) is 0 Å². The fourth-order valence-electron chi connectivity index (χ4n) is 2.04. The Morgan fingerprint density at radius 3 is 2.43 bits per heavy atom. The van der Waals surface area contributed by atoms with Gasteiger partial charge in [0.05, 0.1) is 4.47 Å². The summed E-state index contributed by atoms with van der Waals surface area (Å²) in [6, 6.07) is 10.4. The van der Waals surface area contributed by atoms with Gasteiger partial charge in [0, 0.05) is 17.2 Å². The van der Waals surface area contributed by atoms with Crippen LogP contribution in [0.1, 0.15) is 20.7 Å². The van der Waals surface area contributed by atoms with Crippen molar-refractivity contribution < 1.29 is 18.7 Å². The molecule has 2 aromatic rings. The van der Waals surface area contributed by atoms with E-state index in [0.717, 1.165) is 6.08 Å². The van der Waals surface area contributed by atoms with Crippen LogP contribution in [0.2, 0.25) is 0 Å². The Balaban J connectivity index is 1.97. The smallest absolute Gasteiger partial charge is 0.229 e. The molecule has 3 nitrogen and oxygen atoms in total. The fourth-order valence-corrected chi connectivity index (χ4v) is 2.48. The summed E-state index contributed by atoms with van der Waals surface area (Å²) >= 11 is 3.15. The first-order valence-electron chi connectivity index (χ1n) is 6.09. The summed E-state index contributed by atoms with van der Waals surface area (Å²) in [6.45, 7) is 0. The summed E-state index contributed by atoms with van der Waals surface area (Å²) in [6.07, 6.45) is 1.15. The normalized spacial score (nSPS) is 13.7. The van der Waals surface area contributed by atoms with Crippen molar-refractivity contribution in [3.8, 4) is 5.75 Å². The van der Waals surface area contributed by atoms with Gasteiger partial charge in [-0.2, -0.15) is 0 Å². The molecule has 104 valence electrons. The molecule has 0 amide bonds. The lowest BCUT2D eigenvalue weighted by atomic mass is 9.94. The van der Waals surface area contributed by atoms with E-state index in [2.05, 4.69) is 15.9 Å². The highest BCUT2D eigenvalue weighted by molar-refractivity contribution is 9.10. The maximum absolute atomic E-state index is 13.0. The van der Waals surface area contributed by atoms with E-state index in [0.29, 0.717) is 15.6 Å². The van der Waals surface area contributed by atoms with Gasteiger partial charge in [0.15, 0.2) is 11.5 Å². The molecule has 0 heterocycles. The van der Waals surface area contributed by atoms with Crippen molar-refractivity contribution in [1.82, 2.24) is 0 Å². The van der Waals surface area contributed by atoms with Crippen molar-refractivity contribution >= 4 is 27.5 Å². The average Bonchev–Trinajstić information content (AvgIpc) is 2.47. The number of rotatable bonds is 2. The van der Waals surface area contributed by atoms with Crippen LogP contribution >= 0.6 is 15.9 Å². The van der Waals surface area contributed by atoms with Crippen molar-refractivity contribution in [2.45, 2.75) is 0 Å². The Morgan fingerprint density at radius 2 is 1.71 bits per heavy atom. The van der Waals surface area contributed by atoms with Crippen molar-refractivity contribution in [3.63, 3.8) is 0 Å². The molecule has 0 aromatic heterocycles. The van der Waals surface area contributed by atoms with Gasteiger partial charge < -0.3 is 4.74 Å². The molecule has 0 saturated heterocycles. The van der Waals surface area contributed by atoms with Crippen LogP contribution < -0.4 is 4.74 Å². The number of ketones is 2. The second kappa shape index (κ2) is 5.26. The van der Waals surface area contributed by atoms with E-state index in [-0.39, 0.29) is 23.1 Å². The van der Waals surface area contributed by atoms with Gasteiger partial charge in [0.1, 0.15) is 11.6 Å². The molecule has 0 N–H and O–H groups in total. The molecule has 0 saturated carbocycles. The minimum atomic E-state index is -0.431. The van der Waals surface area contributed by atoms with E-state index < -0.39 is 5.82 Å². The summed E-state index contributed by atoms with van der Waals surface area (Å²) < 4.78 is 18.9. The first-order valence-corrected chi connectivity index (χ1v) is 6.88. The number of Topliss-reactive ketones (excluding diaryl/α,β-unsaturated/α-hetero) is 1. The van der Waals surface area contributed by atoms with Crippen LogP contribution in [-0.4, -0.2) is 11.6 Å². The second-order valence-corrected chi connectivity index (χ2v) is 5.28. The molecular formula is C16H8BrFO3. The number of benzene rings is 2. The highest BCUT2D eigenvalue weighted by Crippen LogP contribution is 2.29. The molecule has 0 unspecified atom stereocenters. The molecule has 0 atom stereocenters. The lowest BCUT2D eigenvalue weighted by molar-refractivity contribution is 0.0946. The van der Waals surface area contributed by atoms with Crippen molar-refractivity contribution in [1.29, 1.82) is 0 Å². The van der Waals surface area contributed by atoms with Gasteiger partial charge in [-0.25, -0.2) is 4.39 Å². The summed E-state index contributed by atoms with van der Waals surface area (Å²) in [7, 11) is 0. The zero-order chi connectivity index (χ0) is 15.0. The molecule has 3 rings (SSSR count). The van der Waals surface area contributed by atoms with Gasteiger partial charge in [0.2, 0.25) is 5.78 Å². The van der Waals surface area contributed by atoms with Crippen molar-refractivity contribution in [2.75, 3.05) is 0 Å². The van der Waals surface area contributed by atoms with Crippen LogP contribution in [0.4, 0.5) is 4.39 Å². The van der Waals surface area contributed by atoms with Crippen LogP contribution in [0.15, 0.2) is 58.8 Å². The Morgan fingerprint density at radius 1 is 1.00 bits per heavy atom. The Kier molecular flexibility index (Phi) is 3.43. The van der Waals surface area contributed by atoms with Gasteiger partial charge >= 0.3 is 0 Å². The summed E-state index contributed by atoms with van der Waals surface area (Å²) in [5.74, 6) is -0.909. The minimum absolute atomic E-state index is 0.0778. The summed E-state index contributed by atoms with van der Waals surface area (Å²) in [5.41, 5.74) is 0.659. The predicted molar refractivity (Wildman–Crippen MR) is 77.9 cm³/mol. The third kappa shape index (κ3) is 2.52. The van der Waals surface area contributed by atoms with E-state index in [1.807, 2.05) is 0 Å². The molecule has 2 aromatic carbocycles. The van der Waals surface area contributed by atoms with Crippen LogP contribution in [0.3, 0.4) is 0 Å². The Hall–Kier alpha value is -2.27. The van der Waals surface area contributed by atoms with Crippen LogP contribution in [-0.2, 0) is 0 Å². The largest absolute Gasteiger partial charge is 0.452 e. The fraction of sp³-hybridized carbons (Fsp3) is 0. The van der Waals surface area contributed by atoms with Gasteiger partial charge in [0.25, 0.3) is 0 Å². The number of allylic oxidation sites excluding steroid dienone is 2. The number of carbonyl (C=O) groups is 2. The summed E-state index contributed by atoms with van der Waals surface area (Å²) in [5, 5.41) is 0. The maximum atomic E-state index is 13.0.